The molecule has 0 aliphatic heterocycles. The maximum Gasteiger partial charge on any atom is 0.281 e. The zero-order valence-electron chi connectivity index (χ0n) is 17.1. The normalized spacial score (nSPS) is 10.6. The topological polar surface area (TPSA) is 88.9 Å². The minimum atomic E-state index is -0.419. The number of thiazole rings is 1. The van der Waals surface area contributed by atoms with Gasteiger partial charge >= 0.3 is 0 Å². The summed E-state index contributed by atoms with van der Waals surface area (Å²) in [5.74, 6) is -0.822. The molecule has 0 spiro atoms. The van der Waals surface area contributed by atoms with Gasteiger partial charge in [-0.1, -0.05) is 55.5 Å². The molecule has 31 heavy (non-hydrogen) atoms. The number of aryl methyl sites for hydroxylation is 1. The Morgan fingerprint density at radius 2 is 1.61 bits per heavy atom. The van der Waals surface area contributed by atoms with Crippen LogP contribution >= 0.6 is 11.3 Å². The van der Waals surface area contributed by atoms with Crippen molar-refractivity contribution in [3.8, 4) is 16.3 Å². The van der Waals surface area contributed by atoms with E-state index in [9.17, 15) is 9.59 Å². The molecule has 2 aromatic heterocycles. The second-order valence-electron chi connectivity index (χ2n) is 6.81. The number of nitrogens with one attached hydrogen (secondary N) is 2. The summed E-state index contributed by atoms with van der Waals surface area (Å²) >= 11 is 1.29. The van der Waals surface area contributed by atoms with Crippen LogP contribution in [0.2, 0.25) is 0 Å². The number of para-hydroxylation sites is 1. The van der Waals surface area contributed by atoms with Gasteiger partial charge in [0.25, 0.3) is 11.8 Å². The molecule has 2 heterocycles. The van der Waals surface area contributed by atoms with Crippen molar-refractivity contribution >= 4 is 23.2 Å². The molecule has 4 rings (SSSR count). The van der Waals surface area contributed by atoms with Crippen LogP contribution in [0.15, 0.2) is 66.9 Å². The van der Waals surface area contributed by atoms with E-state index in [1.807, 2.05) is 67.6 Å². The second kappa shape index (κ2) is 8.93. The van der Waals surface area contributed by atoms with E-state index in [4.69, 9.17) is 0 Å². The van der Waals surface area contributed by atoms with Gasteiger partial charge in [0, 0.05) is 5.56 Å². The summed E-state index contributed by atoms with van der Waals surface area (Å²) in [6, 6.07) is 19.3. The smallest absolute Gasteiger partial charge is 0.267 e. The fourth-order valence-corrected chi connectivity index (χ4v) is 4.21. The molecule has 4 aromatic rings. The third kappa shape index (κ3) is 4.24. The van der Waals surface area contributed by atoms with Crippen molar-refractivity contribution in [2.24, 2.45) is 0 Å². The fourth-order valence-electron chi connectivity index (χ4n) is 3.24. The number of aromatic nitrogens is 3. The van der Waals surface area contributed by atoms with E-state index in [-0.39, 0.29) is 0 Å². The minimum absolute atomic E-state index is 0.404. The van der Waals surface area contributed by atoms with Gasteiger partial charge in [-0.05, 0) is 25.5 Å². The zero-order valence-corrected chi connectivity index (χ0v) is 17.9. The maximum atomic E-state index is 12.7. The highest BCUT2D eigenvalue weighted by Crippen LogP contribution is 2.27. The Bertz CT molecular complexity index is 1220. The summed E-state index contributed by atoms with van der Waals surface area (Å²) in [7, 11) is 0. The Balaban J connectivity index is 1.48. The van der Waals surface area contributed by atoms with Crippen molar-refractivity contribution in [2.75, 3.05) is 0 Å². The van der Waals surface area contributed by atoms with Gasteiger partial charge in [0.05, 0.1) is 28.8 Å². The monoisotopic (exact) mass is 431 g/mol. The molecule has 2 aromatic carbocycles. The summed E-state index contributed by atoms with van der Waals surface area (Å²) in [5.41, 5.74) is 8.60. The molecular weight excluding hydrogens is 410 g/mol. The first-order valence-electron chi connectivity index (χ1n) is 9.84. The lowest BCUT2D eigenvalue weighted by atomic mass is 10.2. The molecule has 0 saturated carbocycles. The lowest BCUT2D eigenvalue weighted by Crippen LogP contribution is -2.41. The van der Waals surface area contributed by atoms with Crippen molar-refractivity contribution in [3.63, 3.8) is 0 Å². The van der Waals surface area contributed by atoms with Gasteiger partial charge in [0.15, 0.2) is 0 Å². The number of carbonyl (C=O) groups is 2. The van der Waals surface area contributed by atoms with Gasteiger partial charge < -0.3 is 0 Å². The van der Waals surface area contributed by atoms with Crippen LogP contribution in [0.25, 0.3) is 16.3 Å². The van der Waals surface area contributed by atoms with Crippen LogP contribution in [-0.4, -0.2) is 26.6 Å². The third-order valence-electron chi connectivity index (χ3n) is 4.76. The standard InChI is InChI=1S/C23H21N5O2S/c1-3-19-18(14-24-28(19)17-12-8-5-9-13-17)21(29)26-27-22(30)20-15(2)25-23(31-20)16-10-6-4-7-11-16/h4-14H,3H2,1-2H3,(H,26,29)(H,27,30). The van der Waals surface area contributed by atoms with Crippen molar-refractivity contribution in [3.05, 3.63) is 88.7 Å². The molecule has 7 nitrogen and oxygen atoms in total. The second-order valence-corrected chi connectivity index (χ2v) is 7.81. The zero-order chi connectivity index (χ0) is 21.8. The molecule has 0 saturated heterocycles. The van der Waals surface area contributed by atoms with Crippen LogP contribution in [0.4, 0.5) is 0 Å². The highest BCUT2D eigenvalue weighted by molar-refractivity contribution is 7.17. The number of amides is 2. The average molecular weight is 432 g/mol. The molecule has 2 amide bonds. The first-order chi connectivity index (χ1) is 15.1. The number of benzene rings is 2. The Morgan fingerprint density at radius 1 is 0.968 bits per heavy atom. The number of hydrogen-bond acceptors (Lipinski definition) is 5. The minimum Gasteiger partial charge on any atom is -0.267 e. The van der Waals surface area contributed by atoms with E-state index in [1.54, 1.807) is 11.6 Å². The van der Waals surface area contributed by atoms with Gasteiger partial charge in [0.2, 0.25) is 0 Å². The first kappa shape index (κ1) is 20.5. The summed E-state index contributed by atoms with van der Waals surface area (Å²) in [6.07, 6.45) is 2.12. The highest BCUT2D eigenvalue weighted by Gasteiger charge is 2.20. The van der Waals surface area contributed by atoms with Crippen LogP contribution in [-0.2, 0) is 6.42 Å². The number of carbonyl (C=O) groups excluding carboxylic acids is 2. The predicted molar refractivity (Wildman–Crippen MR) is 120 cm³/mol. The number of rotatable bonds is 5. The Kier molecular flexibility index (Phi) is 5.90. The lowest BCUT2D eigenvalue weighted by molar-refractivity contribution is 0.0848. The van der Waals surface area contributed by atoms with Crippen LogP contribution < -0.4 is 10.9 Å². The molecular formula is C23H21N5O2S. The van der Waals surface area contributed by atoms with E-state index in [0.29, 0.717) is 22.6 Å². The quantitative estimate of drug-likeness (QED) is 0.469. The van der Waals surface area contributed by atoms with E-state index >= 15 is 0 Å². The SMILES string of the molecule is CCc1c(C(=O)NNC(=O)c2sc(-c3ccccc3)nc2C)cnn1-c1ccccc1. The predicted octanol–water partition coefficient (Wildman–Crippen LogP) is 3.94. The molecule has 2 N–H and O–H groups in total. The number of hydrogen-bond donors (Lipinski definition) is 2. The molecule has 0 bridgehead atoms. The van der Waals surface area contributed by atoms with Crippen molar-refractivity contribution in [1.29, 1.82) is 0 Å². The van der Waals surface area contributed by atoms with Crippen LogP contribution in [0.5, 0.6) is 0 Å². The van der Waals surface area contributed by atoms with Crippen molar-refractivity contribution in [1.82, 2.24) is 25.6 Å². The Labute approximate surface area is 183 Å². The third-order valence-corrected chi connectivity index (χ3v) is 5.97. The Hall–Kier alpha value is -3.78. The van der Waals surface area contributed by atoms with Crippen molar-refractivity contribution in [2.45, 2.75) is 20.3 Å². The molecule has 0 unspecified atom stereocenters. The maximum absolute atomic E-state index is 12.7. The van der Waals surface area contributed by atoms with Crippen LogP contribution in [0.1, 0.15) is 38.3 Å². The van der Waals surface area contributed by atoms with Crippen LogP contribution in [0.3, 0.4) is 0 Å². The molecule has 0 atom stereocenters. The van der Waals surface area contributed by atoms with Crippen molar-refractivity contribution < 1.29 is 9.59 Å². The van der Waals surface area contributed by atoms with Gasteiger partial charge in [-0.25, -0.2) is 9.67 Å². The molecule has 156 valence electrons. The fraction of sp³-hybridized carbons (Fsp3) is 0.130. The van der Waals surface area contributed by atoms with Gasteiger partial charge in [-0.15, -0.1) is 11.3 Å². The summed E-state index contributed by atoms with van der Waals surface area (Å²) < 4.78 is 1.73. The molecule has 0 radical (unpaired) electrons. The van der Waals surface area contributed by atoms with E-state index < -0.39 is 11.8 Å². The molecule has 0 fully saturated rings. The summed E-state index contributed by atoms with van der Waals surface area (Å²) in [6.45, 7) is 3.73. The lowest BCUT2D eigenvalue weighted by Gasteiger charge is -2.09. The Morgan fingerprint density at radius 3 is 2.29 bits per heavy atom. The number of hydrazine groups is 1. The molecule has 0 aliphatic carbocycles. The molecule has 8 heteroatoms. The van der Waals surface area contributed by atoms with Crippen LogP contribution in [0, 0.1) is 6.92 Å². The van der Waals surface area contributed by atoms with Gasteiger partial charge in [-0.2, -0.15) is 5.10 Å². The average Bonchev–Trinajstić information content (AvgIpc) is 3.42. The number of nitrogens with zero attached hydrogens (tertiary/aromatic N) is 3. The van der Waals surface area contributed by atoms with E-state index in [0.717, 1.165) is 22.0 Å². The van der Waals surface area contributed by atoms with Gasteiger partial charge in [-0.3, -0.25) is 20.4 Å². The highest BCUT2D eigenvalue weighted by atomic mass is 32.1. The summed E-state index contributed by atoms with van der Waals surface area (Å²) in [5, 5.41) is 5.11. The summed E-state index contributed by atoms with van der Waals surface area (Å²) in [4.78, 5) is 30.3. The van der Waals surface area contributed by atoms with E-state index in [1.165, 1.54) is 17.5 Å². The van der Waals surface area contributed by atoms with E-state index in [2.05, 4.69) is 20.9 Å². The van der Waals surface area contributed by atoms with Gasteiger partial charge in [0.1, 0.15) is 9.88 Å². The largest absolute Gasteiger partial charge is 0.281 e. The molecule has 0 aliphatic rings. The first-order valence-corrected chi connectivity index (χ1v) is 10.7.